The Morgan fingerprint density at radius 1 is 1.26 bits per heavy atom. The number of imide groups is 1. The summed E-state index contributed by atoms with van der Waals surface area (Å²) in [5, 5.41) is 5.48. The van der Waals surface area contributed by atoms with Crippen LogP contribution in [0.25, 0.3) is 0 Å². The van der Waals surface area contributed by atoms with Gasteiger partial charge in [0.15, 0.2) is 0 Å². The van der Waals surface area contributed by atoms with Crippen molar-refractivity contribution < 1.29 is 9.59 Å². The maximum atomic E-state index is 11.2. The van der Waals surface area contributed by atoms with Gasteiger partial charge in [-0.2, -0.15) is 0 Å². The van der Waals surface area contributed by atoms with Crippen molar-refractivity contribution in [3.8, 4) is 0 Å². The zero-order valence-corrected chi connectivity index (χ0v) is 11.3. The van der Waals surface area contributed by atoms with Crippen LogP contribution in [0.3, 0.4) is 0 Å². The van der Waals surface area contributed by atoms with Gasteiger partial charge in [-0.05, 0) is 30.5 Å². The van der Waals surface area contributed by atoms with E-state index in [2.05, 4.69) is 5.32 Å². The van der Waals surface area contributed by atoms with Crippen LogP contribution in [0.2, 0.25) is 0 Å². The van der Waals surface area contributed by atoms with E-state index in [1.165, 1.54) is 30.2 Å². The highest BCUT2D eigenvalue weighted by atomic mass is 32.2. The molecule has 0 unspecified atom stereocenters. The molecule has 0 heterocycles. The number of carbonyl (C=O) groups is 2. The first-order chi connectivity index (χ1) is 9.13. The lowest BCUT2D eigenvalue weighted by Gasteiger charge is -2.05. The minimum atomic E-state index is -0.813. The number of amides is 3. The van der Waals surface area contributed by atoms with E-state index in [1.807, 2.05) is 29.6 Å². The molecule has 5 nitrogen and oxygen atoms in total. The van der Waals surface area contributed by atoms with E-state index in [1.54, 1.807) is 0 Å². The summed E-state index contributed by atoms with van der Waals surface area (Å²) in [6, 6.07) is 7.93. The highest BCUT2D eigenvalue weighted by Crippen LogP contribution is 2.21. The molecule has 0 aliphatic heterocycles. The molecule has 0 saturated heterocycles. The SMILES string of the molecule is NC(=O)NC(=O)CSc1ccc(CNC2CC2)cc1. The van der Waals surface area contributed by atoms with Gasteiger partial charge in [0.25, 0.3) is 0 Å². The van der Waals surface area contributed by atoms with E-state index in [9.17, 15) is 9.59 Å². The van der Waals surface area contributed by atoms with Crippen molar-refractivity contribution in [2.24, 2.45) is 5.73 Å². The van der Waals surface area contributed by atoms with Crippen LogP contribution in [0.5, 0.6) is 0 Å². The van der Waals surface area contributed by atoms with Crippen molar-refractivity contribution in [3.63, 3.8) is 0 Å². The van der Waals surface area contributed by atoms with Crippen LogP contribution in [-0.2, 0) is 11.3 Å². The summed E-state index contributed by atoms with van der Waals surface area (Å²) in [7, 11) is 0. The van der Waals surface area contributed by atoms with E-state index >= 15 is 0 Å². The lowest BCUT2D eigenvalue weighted by molar-refractivity contribution is -0.117. The minimum Gasteiger partial charge on any atom is -0.351 e. The maximum absolute atomic E-state index is 11.2. The van der Waals surface area contributed by atoms with Crippen molar-refractivity contribution >= 4 is 23.7 Å². The number of primary amides is 1. The zero-order chi connectivity index (χ0) is 13.7. The highest BCUT2D eigenvalue weighted by molar-refractivity contribution is 8.00. The Morgan fingerprint density at radius 3 is 2.53 bits per heavy atom. The molecule has 1 aromatic rings. The molecule has 0 aromatic heterocycles. The van der Waals surface area contributed by atoms with Crippen molar-refractivity contribution in [2.45, 2.75) is 30.3 Å². The summed E-state index contributed by atoms with van der Waals surface area (Å²) in [5.41, 5.74) is 6.09. The predicted molar refractivity (Wildman–Crippen MR) is 74.8 cm³/mol. The van der Waals surface area contributed by atoms with Crippen molar-refractivity contribution in [1.29, 1.82) is 0 Å². The number of nitrogens with two attached hydrogens (primary N) is 1. The third-order valence-electron chi connectivity index (χ3n) is 2.73. The van der Waals surface area contributed by atoms with Gasteiger partial charge in [0.1, 0.15) is 0 Å². The summed E-state index contributed by atoms with van der Waals surface area (Å²) in [4.78, 5) is 22.7. The molecule has 19 heavy (non-hydrogen) atoms. The lowest BCUT2D eigenvalue weighted by atomic mass is 10.2. The summed E-state index contributed by atoms with van der Waals surface area (Å²) >= 11 is 1.38. The Balaban J connectivity index is 1.74. The van der Waals surface area contributed by atoms with E-state index in [0.717, 1.165) is 11.4 Å². The van der Waals surface area contributed by atoms with Gasteiger partial charge in [-0.1, -0.05) is 12.1 Å². The van der Waals surface area contributed by atoms with E-state index in [4.69, 9.17) is 5.73 Å². The molecule has 0 radical (unpaired) electrons. The van der Waals surface area contributed by atoms with Crippen LogP contribution < -0.4 is 16.4 Å². The molecule has 1 aliphatic carbocycles. The molecule has 1 fully saturated rings. The number of hydrogen-bond donors (Lipinski definition) is 3. The molecule has 0 bridgehead atoms. The summed E-state index contributed by atoms with van der Waals surface area (Å²) in [6.07, 6.45) is 2.56. The van der Waals surface area contributed by atoms with E-state index in [0.29, 0.717) is 6.04 Å². The molecule has 102 valence electrons. The topological polar surface area (TPSA) is 84.2 Å². The number of urea groups is 1. The van der Waals surface area contributed by atoms with Gasteiger partial charge in [0.05, 0.1) is 5.75 Å². The van der Waals surface area contributed by atoms with E-state index < -0.39 is 6.03 Å². The van der Waals surface area contributed by atoms with Crippen LogP contribution in [0.1, 0.15) is 18.4 Å². The zero-order valence-electron chi connectivity index (χ0n) is 10.5. The summed E-state index contributed by atoms with van der Waals surface area (Å²) in [6.45, 7) is 0.887. The first-order valence-electron chi connectivity index (χ1n) is 6.18. The molecular weight excluding hydrogens is 262 g/mol. The highest BCUT2D eigenvalue weighted by Gasteiger charge is 2.19. The van der Waals surface area contributed by atoms with Crippen molar-refractivity contribution in [2.75, 3.05) is 5.75 Å². The lowest BCUT2D eigenvalue weighted by Crippen LogP contribution is -2.36. The first kappa shape index (κ1) is 13.9. The molecule has 6 heteroatoms. The summed E-state index contributed by atoms with van der Waals surface area (Å²) in [5.74, 6) is -0.195. The smallest absolute Gasteiger partial charge is 0.318 e. The fourth-order valence-corrected chi connectivity index (χ4v) is 2.27. The average Bonchev–Trinajstić information content (AvgIpc) is 3.18. The Kier molecular flexibility index (Phi) is 4.81. The molecule has 3 amide bonds. The second-order valence-corrected chi connectivity index (χ2v) is 5.55. The Morgan fingerprint density at radius 2 is 1.95 bits per heavy atom. The van der Waals surface area contributed by atoms with Crippen molar-refractivity contribution in [3.05, 3.63) is 29.8 Å². The molecule has 0 atom stereocenters. The third-order valence-corrected chi connectivity index (χ3v) is 3.74. The molecule has 1 aromatic carbocycles. The van der Waals surface area contributed by atoms with Gasteiger partial charge >= 0.3 is 6.03 Å². The standard InChI is InChI=1S/C13H17N3O2S/c14-13(18)16-12(17)8-19-11-5-1-9(2-6-11)7-15-10-3-4-10/h1-2,5-6,10,15H,3-4,7-8H2,(H3,14,16,17,18). The Labute approximate surface area is 116 Å². The van der Waals surface area contributed by atoms with Crippen LogP contribution in [0.15, 0.2) is 29.2 Å². The van der Waals surface area contributed by atoms with Crippen LogP contribution in [0, 0.1) is 0 Å². The van der Waals surface area contributed by atoms with E-state index in [-0.39, 0.29) is 11.7 Å². The summed E-state index contributed by atoms with van der Waals surface area (Å²) < 4.78 is 0. The number of carbonyl (C=O) groups excluding carboxylic acids is 2. The van der Waals surface area contributed by atoms with Gasteiger partial charge in [0, 0.05) is 17.5 Å². The maximum Gasteiger partial charge on any atom is 0.318 e. The van der Waals surface area contributed by atoms with Crippen LogP contribution in [0.4, 0.5) is 4.79 Å². The van der Waals surface area contributed by atoms with Gasteiger partial charge in [-0.25, -0.2) is 4.79 Å². The first-order valence-corrected chi connectivity index (χ1v) is 7.16. The predicted octanol–water partition coefficient (Wildman–Crippen LogP) is 1.23. The average molecular weight is 279 g/mol. The van der Waals surface area contributed by atoms with Gasteiger partial charge in [0.2, 0.25) is 5.91 Å². The number of nitrogens with one attached hydrogen (secondary N) is 2. The molecule has 0 spiro atoms. The monoisotopic (exact) mass is 279 g/mol. The molecule has 1 aliphatic rings. The second kappa shape index (κ2) is 6.58. The number of thioether (sulfide) groups is 1. The van der Waals surface area contributed by atoms with Gasteiger partial charge in [-0.15, -0.1) is 11.8 Å². The normalized spacial score (nSPS) is 14.1. The number of benzene rings is 1. The van der Waals surface area contributed by atoms with Crippen LogP contribution >= 0.6 is 11.8 Å². The van der Waals surface area contributed by atoms with Crippen LogP contribution in [-0.4, -0.2) is 23.7 Å². The fraction of sp³-hybridized carbons (Fsp3) is 0.385. The quantitative estimate of drug-likeness (QED) is 0.684. The molecule has 1 saturated carbocycles. The third kappa shape index (κ3) is 5.32. The molecular formula is C13H17N3O2S. The molecule has 4 N–H and O–H groups in total. The largest absolute Gasteiger partial charge is 0.351 e. The number of rotatable bonds is 6. The fourth-order valence-electron chi connectivity index (χ4n) is 1.58. The number of hydrogen-bond acceptors (Lipinski definition) is 4. The Hall–Kier alpha value is -1.53. The Bertz CT molecular complexity index is 457. The van der Waals surface area contributed by atoms with Gasteiger partial charge in [-0.3, -0.25) is 10.1 Å². The van der Waals surface area contributed by atoms with Gasteiger partial charge < -0.3 is 11.1 Å². The minimum absolute atomic E-state index is 0.183. The second-order valence-electron chi connectivity index (χ2n) is 4.50. The molecule has 2 rings (SSSR count). The van der Waals surface area contributed by atoms with Crippen molar-refractivity contribution in [1.82, 2.24) is 10.6 Å².